The molecule has 0 atom stereocenters. The van der Waals surface area contributed by atoms with Crippen LogP contribution in [0.2, 0.25) is 0 Å². The summed E-state index contributed by atoms with van der Waals surface area (Å²) < 4.78 is 14.9. The van der Waals surface area contributed by atoms with Gasteiger partial charge in [-0.2, -0.15) is 0 Å². The van der Waals surface area contributed by atoms with Gasteiger partial charge in [0.25, 0.3) is 0 Å². The molecule has 11 nitrogen and oxygen atoms in total. The first-order valence-corrected chi connectivity index (χ1v) is 10.9. The van der Waals surface area contributed by atoms with Gasteiger partial charge < -0.3 is 14.2 Å². The van der Waals surface area contributed by atoms with Gasteiger partial charge in [-0.1, -0.05) is 19.7 Å². The first kappa shape index (κ1) is 31.2. The molecule has 0 heterocycles. The van der Waals surface area contributed by atoms with Gasteiger partial charge in [0.2, 0.25) is 11.8 Å². The fourth-order valence-corrected chi connectivity index (χ4v) is 2.37. The molecule has 0 fully saturated rings. The van der Waals surface area contributed by atoms with E-state index in [1.54, 1.807) is 0 Å². The molecule has 194 valence electrons. The van der Waals surface area contributed by atoms with E-state index in [2.05, 4.69) is 19.7 Å². The summed E-state index contributed by atoms with van der Waals surface area (Å²) >= 11 is 0. The molecule has 0 N–H and O–H groups in total. The van der Waals surface area contributed by atoms with Gasteiger partial charge in [0.15, 0.2) is 0 Å². The van der Waals surface area contributed by atoms with E-state index < -0.39 is 35.8 Å². The fraction of sp³-hybridized carbons (Fsp3) is 0.500. The molecule has 0 rings (SSSR count). The lowest BCUT2D eigenvalue weighted by Crippen LogP contribution is -2.50. The zero-order valence-electron chi connectivity index (χ0n) is 20.8. The number of carbonyl (C=O) groups is 6. The van der Waals surface area contributed by atoms with E-state index in [4.69, 9.17) is 14.2 Å². The highest BCUT2D eigenvalue weighted by Gasteiger charge is 2.29. The van der Waals surface area contributed by atoms with E-state index >= 15 is 0 Å². The summed E-state index contributed by atoms with van der Waals surface area (Å²) in [6, 6.07) is -0.950. The molecule has 0 radical (unpaired) electrons. The summed E-state index contributed by atoms with van der Waals surface area (Å²) in [5.74, 6) is -3.23. The van der Waals surface area contributed by atoms with Gasteiger partial charge >= 0.3 is 23.9 Å². The van der Waals surface area contributed by atoms with Gasteiger partial charge in [0, 0.05) is 30.1 Å². The second-order valence-corrected chi connectivity index (χ2v) is 7.70. The van der Waals surface area contributed by atoms with E-state index in [1.807, 2.05) is 0 Å². The zero-order valence-corrected chi connectivity index (χ0v) is 20.8. The predicted octanol–water partition coefficient (Wildman–Crippen LogP) is 2.31. The Kier molecular flexibility index (Phi) is 14.3. The third-order valence-electron chi connectivity index (χ3n) is 4.30. The van der Waals surface area contributed by atoms with Gasteiger partial charge in [-0.05, 0) is 33.6 Å². The molecule has 0 spiro atoms. The Bertz CT molecular complexity index is 876. The van der Waals surface area contributed by atoms with Crippen molar-refractivity contribution < 1.29 is 43.0 Å². The van der Waals surface area contributed by atoms with E-state index in [1.165, 1.54) is 20.8 Å². The minimum atomic E-state index is -0.950. The lowest BCUT2D eigenvalue weighted by atomic mass is 10.2. The highest BCUT2D eigenvalue weighted by molar-refractivity contribution is 6.01. The third kappa shape index (κ3) is 12.3. The van der Waals surface area contributed by atoms with Gasteiger partial charge in [0.1, 0.15) is 13.2 Å². The van der Waals surface area contributed by atoms with E-state index in [9.17, 15) is 28.8 Å². The molecular weight excluding hydrogens is 460 g/mol. The van der Waals surface area contributed by atoms with Crippen LogP contribution in [0.4, 0.5) is 4.79 Å². The van der Waals surface area contributed by atoms with Crippen LogP contribution in [0.25, 0.3) is 0 Å². The molecule has 4 amide bonds. The first-order chi connectivity index (χ1) is 16.3. The average molecular weight is 495 g/mol. The molecule has 0 aromatic carbocycles. The molecule has 0 aromatic heterocycles. The molecule has 0 aliphatic carbocycles. The van der Waals surface area contributed by atoms with Crippen LogP contribution in [-0.2, 0) is 38.2 Å². The second kappa shape index (κ2) is 16.0. The predicted molar refractivity (Wildman–Crippen MR) is 126 cm³/mol. The van der Waals surface area contributed by atoms with Crippen molar-refractivity contribution in [2.75, 3.05) is 32.9 Å². The van der Waals surface area contributed by atoms with Crippen molar-refractivity contribution in [2.24, 2.45) is 0 Å². The van der Waals surface area contributed by atoms with Crippen LogP contribution in [0.5, 0.6) is 0 Å². The maximum absolute atomic E-state index is 13.0. The summed E-state index contributed by atoms with van der Waals surface area (Å²) in [5, 5.41) is 0. The molecule has 0 saturated heterocycles. The van der Waals surface area contributed by atoms with Crippen LogP contribution >= 0.6 is 0 Å². The number of imide groups is 2. The molecular formula is C24H34N2O9. The molecule has 0 aromatic rings. The number of hydrogen-bond donors (Lipinski definition) is 0. The maximum atomic E-state index is 13.0. The summed E-state index contributed by atoms with van der Waals surface area (Å²) in [6.45, 7) is 14.7. The van der Waals surface area contributed by atoms with Crippen LogP contribution < -0.4 is 0 Å². The number of rotatable bonds is 14. The number of amides is 4. The average Bonchev–Trinajstić information content (AvgIpc) is 2.77. The Hall–Kier alpha value is -3.76. The van der Waals surface area contributed by atoms with E-state index in [0.29, 0.717) is 6.42 Å². The minimum Gasteiger partial charge on any atom is -0.462 e. The molecule has 0 unspecified atom stereocenters. The van der Waals surface area contributed by atoms with Crippen molar-refractivity contribution in [3.8, 4) is 0 Å². The third-order valence-corrected chi connectivity index (χ3v) is 4.30. The number of nitrogens with zero attached hydrogens (tertiary/aromatic N) is 2. The van der Waals surface area contributed by atoms with Gasteiger partial charge in [-0.25, -0.2) is 19.2 Å². The Morgan fingerprint density at radius 2 is 1.00 bits per heavy atom. The molecule has 0 aliphatic heterocycles. The number of ether oxygens (including phenoxy) is 3. The van der Waals surface area contributed by atoms with Crippen molar-refractivity contribution in [3.63, 3.8) is 0 Å². The fourth-order valence-electron chi connectivity index (χ4n) is 2.37. The van der Waals surface area contributed by atoms with Gasteiger partial charge in [-0.15, -0.1) is 0 Å². The quantitative estimate of drug-likeness (QED) is 0.154. The number of unbranched alkanes of at least 4 members (excludes halogenated alkanes) is 1. The molecule has 35 heavy (non-hydrogen) atoms. The van der Waals surface area contributed by atoms with Crippen molar-refractivity contribution in [3.05, 3.63) is 36.5 Å². The number of esters is 3. The van der Waals surface area contributed by atoms with E-state index in [-0.39, 0.29) is 62.5 Å². The summed E-state index contributed by atoms with van der Waals surface area (Å²) in [6.07, 6.45) is 0.541. The lowest BCUT2D eigenvalue weighted by Gasteiger charge is -2.27. The molecule has 0 saturated carbocycles. The summed E-state index contributed by atoms with van der Waals surface area (Å²) in [7, 11) is 0. The maximum Gasteiger partial charge on any atom is 0.333 e. The minimum absolute atomic E-state index is 0.0663. The Morgan fingerprint density at radius 3 is 1.40 bits per heavy atom. The summed E-state index contributed by atoms with van der Waals surface area (Å²) in [4.78, 5) is 74.0. The Balaban J connectivity index is 5.23. The zero-order chi connectivity index (χ0) is 27.1. The molecule has 11 heteroatoms. The topological polar surface area (TPSA) is 137 Å². The second-order valence-electron chi connectivity index (χ2n) is 7.70. The normalized spacial score (nSPS) is 9.94. The van der Waals surface area contributed by atoms with E-state index in [0.717, 1.165) is 16.7 Å². The highest BCUT2D eigenvalue weighted by atomic mass is 16.5. The standard InChI is InChI=1S/C24H34N2O9/c1-16(2)21(29)33-13-9-8-10-20(28)26(12-15-35-23(31)18(5)6)24(32)25(19(7)27)11-14-34-22(30)17(3)4/h1,3,5,8-15H2,2,4,6-7H3. The number of hydrogen-bond acceptors (Lipinski definition) is 9. The SMILES string of the molecule is C=C(C)C(=O)OCCCCC(=O)N(CCOC(=O)C(=C)C)C(=O)N(CCOC(=O)C(=C)C)C(C)=O. The molecule has 0 bridgehead atoms. The Morgan fingerprint density at radius 1 is 0.600 bits per heavy atom. The van der Waals surface area contributed by atoms with Crippen molar-refractivity contribution in [1.82, 2.24) is 9.80 Å². The number of urea groups is 1. The monoisotopic (exact) mass is 494 g/mol. The largest absolute Gasteiger partial charge is 0.462 e. The Labute approximate surface area is 205 Å². The van der Waals surface area contributed by atoms with Crippen molar-refractivity contribution in [2.45, 2.75) is 47.0 Å². The van der Waals surface area contributed by atoms with Crippen LogP contribution in [0.15, 0.2) is 36.5 Å². The van der Waals surface area contributed by atoms with Gasteiger partial charge in [0.05, 0.1) is 19.7 Å². The van der Waals surface area contributed by atoms with Crippen LogP contribution in [-0.4, -0.2) is 78.5 Å². The van der Waals surface area contributed by atoms with Crippen LogP contribution in [0.3, 0.4) is 0 Å². The highest BCUT2D eigenvalue weighted by Crippen LogP contribution is 2.08. The van der Waals surface area contributed by atoms with Crippen molar-refractivity contribution >= 4 is 35.8 Å². The molecule has 0 aliphatic rings. The lowest BCUT2D eigenvalue weighted by molar-refractivity contribution is -0.142. The van der Waals surface area contributed by atoms with Crippen molar-refractivity contribution in [1.29, 1.82) is 0 Å². The van der Waals surface area contributed by atoms with Gasteiger partial charge in [-0.3, -0.25) is 19.4 Å². The van der Waals surface area contributed by atoms with Crippen LogP contribution in [0, 0.1) is 0 Å². The van der Waals surface area contributed by atoms with Crippen LogP contribution in [0.1, 0.15) is 47.0 Å². The smallest absolute Gasteiger partial charge is 0.333 e. The summed E-state index contributed by atoms with van der Waals surface area (Å²) in [5.41, 5.74) is 0.541. The first-order valence-electron chi connectivity index (χ1n) is 10.9. The number of carbonyl (C=O) groups excluding carboxylic acids is 6.